The summed E-state index contributed by atoms with van der Waals surface area (Å²) in [6, 6.07) is 6.17. The van der Waals surface area contributed by atoms with Crippen molar-refractivity contribution in [2.24, 2.45) is 5.92 Å². The Kier molecular flexibility index (Phi) is 8.90. The van der Waals surface area contributed by atoms with Crippen molar-refractivity contribution < 1.29 is 9.59 Å². The predicted molar refractivity (Wildman–Crippen MR) is 104 cm³/mol. The Morgan fingerprint density at radius 2 is 1.71 bits per heavy atom. The predicted octanol–water partition coefficient (Wildman–Crippen LogP) is 3.92. The zero-order valence-electron chi connectivity index (χ0n) is 15.4. The first-order valence-corrected chi connectivity index (χ1v) is 9.70. The molecule has 1 aromatic rings. The molecule has 1 aromatic carbocycles. The van der Waals surface area contributed by atoms with Gasteiger partial charge in [-0.15, -0.1) is 0 Å². The number of anilines is 1. The summed E-state index contributed by atoms with van der Waals surface area (Å²) in [6.07, 6.45) is 1.25. The molecule has 1 atom stereocenters. The standard InChI is InChI=1S/C19H30N2O2S/c1-13(2)16(5)20-18(23)12-24-11-7-10-17(22)21-19-14(3)8-6-9-15(19)4/h6,8-9,13,16H,7,10-12H2,1-5H3,(H,20,23)(H,21,22). The summed E-state index contributed by atoms with van der Waals surface area (Å²) in [5.74, 6) is 1.80. The molecule has 0 saturated heterocycles. The molecule has 0 aliphatic heterocycles. The van der Waals surface area contributed by atoms with E-state index < -0.39 is 0 Å². The number of hydrogen-bond acceptors (Lipinski definition) is 3. The van der Waals surface area contributed by atoms with E-state index in [1.165, 1.54) is 0 Å². The first-order valence-electron chi connectivity index (χ1n) is 8.54. The lowest BCUT2D eigenvalue weighted by molar-refractivity contribution is -0.119. The van der Waals surface area contributed by atoms with E-state index in [0.29, 0.717) is 18.1 Å². The van der Waals surface area contributed by atoms with Crippen LogP contribution in [0.4, 0.5) is 5.69 Å². The largest absolute Gasteiger partial charge is 0.353 e. The first kappa shape index (κ1) is 20.6. The van der Waals surface area contributed by atoms with Crippen LogP contribution in [-0.2, 0) is 9.59 Å². The molecule has 4 nitrogen and oxygen atoms in total. The lowest BCUT2D eigenvalue weighted by Gasteiger charge is -2.17. The van der Waals surface area contributed by atoms with Crippen LogP contribution < -0.4 is 10.6 Å². The van der Waals surface area contributed by atoms with Crippen molar-refractivity contribution in [2.45, 2.75) is 53.5 Å². The second kappa shape index (κ2) is 10.4. The van der Waals surface area contributed by atoms with Crippen molar-refractivity contribution in [3.05, 3.63) is 29.3 Å². The molecule has 1 unspecified atom stereocenters. The van der Waals surface area contributed by atoms with Gasteiger partial charge in [-0.25, -0.2) is 0 Å². The minimum absolute atomic E-state index is 0.0332. The van der Waals surface area contributed by atoms with Crippen LogP contribution in [0.25, 0.3) is 0 Å². The Balaban J connectivity index is 2.21. The number of nitrogens with one attached hydrogen (secondary N) is 2. The molecular weight excluding hydrogens is 320 g/mol. The van der Waals surface area contributed by atoms with Crippen LogP contribution in [0.15, 0.2) is 18.2 Å². The smallest absolute Gasteiger partial charge is 0.230 e. The monoisotopic (exact) mass is 350 g/mol. The maximum atomic E-state index is 12.0. The number of para-hydroxylation sites is 1. The molecule has 0 aliphatic rings. The molecule has 0 fully saturated rings. The fourth-order valence-electron chi connectivity index (χ4n) is 2.18. The minimum Gasteiger partial charge on any atom is -0.353 e. The summed E-state index contributed by atoms with van der Waals surface area (Å²) in [5, 5.41) is 5.97. The Morgan fingerprint density at radius 3 is 2.29 bits per heavy atom. The van der Waals surface area contributed by atoms with E-state index in [-0.39, 0.29) is 17.9 Å². The summed E-state index contributed by atoms with van der Waals surface area (Å²) in [4.78, 5) is 23.8. The van der Waals surface area contributed by atoms with Crippen molar-refractivity contribution in [1.82, 2.24) is 5.32 Å². The Bertz CT molecular complexity index is 538. The number of thioether (sulfide) groups is 1. The molecule has 134 valence electrons. The Morgan fingerprint density at radius 1 is 1.08 bits per heavy atom. The molecule has 0 bridgehead atoms. The van der Waals surface area contributed by atoms with Gasteiger partial charge in [0.1, 0.15) is 0 Å². The number of benzene rings is 1. The average molecular weight is 351 g/mol. The molecular formula is C19H30N2O2S. The van der Waals surface area contributed by atoms with Crippen LogP contribution in [-0.4, -0.2) is 29.4 Å². The number of rotatable bonds is 9. The van der Waals surface area contributed by atoms with Crippen molar-refractivity contribution >= 4 is 29.3 Å². The fraction of sp³-hybridized carbons (Fsp3) is 0.579. The van der Waals surface area contributed by atoms with Crippen molar-refractivity contribution in [3.8, 4) is 0 Å². The second-order valence-corrected chi connectivity index (χ2v) is 7.68. The summed E-state index contributed by atoms with van der Waals surface area (Å²) >= 11 is 1.58. The Hall–Kier alpha value is -1.49. The number of aryl methyl sites for hydroxylation is 2. The third kappa shape index (κ3) is 7.39. The summed E-state index contributed by atoms with van der Waals surface area (Å²) in [7, 11) is 0. The molecule has 0 aromatic heterocycles. The third-order valence-corrected chi connectivity index (χ3v) is 5.10. The number of carbonyl (C=O) groups excluding carboxylic acids is 2. The van der Waals surface area contributed by atoms with Gasteiger partial charge in [0.25, 0.3) is 0 Å². The van der Waals surface area contributed by atoms with Gasteiger partial charge in [0.2, 0.25) is 11.8 Å². The van der Waals surface area contributed by atoms with E-state index in [1.807, 2.05) is 39.0 Å². The van der Waals surface area contributed by atoms with Crippen molar-refractivity contribution in [2.75, 3.05) is 16.8 Å². The van der Waals surface area contributed by atoms with E-state index in [4.69, 9.17) is 0 Å². The highest BCUT2D eigenvalue weighted by Crippen LogP contribution is 2.19. The second-order valence-electron chi connectivity index (χ2n) is 6.57. The topological polar surface area (TPSA) is 58.2 Å². The van der Waals surface area contributed by atoms with Gasteiger partial charge in [0.05, 0.1) is 5.75 Å². The van der Waals surface area contributed by atoms with Gasteiger partial charge in [-0.05, 0) is 50.0 Å². The highest BCUT2D eigenvalue weighted by molar-refractivity contribution is 7.99. The molecule has 0 spiro atoms. The quantitative estimate of drug-likeness (QED) is 0.664. The summed E-state index contributed by atoms with van der Waals surface area (Å²) < 4.78 is 0. The van der Waals surface area contributed by atoms with Crippen LogP contribution in [0.2, 0.25) is 0 Å². The zero-order valence-corrected chi connectivity index (χ0v) is 16.3. The van der Waals surface area contributed by atoms with E-state index in [1.54, 1.807) is 11.8 Å². The van der Waals surface area contributed by atoms with Gasteiger partial charge < -0.3 is 10.6 Å². The fourth-order valence-corrected chi connectivity index (χ4v) is 2.94. The molecule has 0 aliphatic carbocycles. The highest BCUT2D eigenvalue weighted by Gasteiger charge is 2.11. The normalized spacial score (nSPS) is 12.1. The molecule has 0 saturated carbocycles. The Labute approximate surface area is 150 Å². The summed E-state index contributed by atoms with van der Waals surface area (Å²) in [5.41, 5.74) is 3.07. The molecule has 5 heteroatoms. The van der Waals surface area contributed by atoms with E-state index in [2.05, 4.69) is 24.5 Å². The van der Waals surface area contributed by atoms with Crippen LogP contribution in [0.5, 0.6) is 0 Å². The van der Waals surface area contributed by atoms with Gasteiger partial charge in [-0.2, -0.15) is 11.8 Å². The van der Waals surface area contributed by atoms with Gasteiger partial charge in [0, 0.05) is 18.2 Å². The third-order valence-electron chi connectivity index (χ3n) is 4.06. The van der Waals surface area contributed by atoms with Gasteiger partial charge in [0.15, 0.2) is 0 Å². The maximum Gasteiger partial charge on any atom is 0.230 e. The molecule has 2 amide bonds. The van der Waals surface area contributed by atoms with Crippen LogP contribution in [0, 0.1) is 19.8 Å². The van der Waals surface area contributed by atoms with Crippen molar-refractivity contribution in [1.29, 1.82) is 0 Å². The maximum absolute atomic E-state index is 12.0. The van der Waals surface area contributed by atoms with E-state index in [9.17, 15) is 9.59 Å². The van der Waals surface area contributed by atoms with Gasteiger partial charge >= 0.3 is 0 Å². The summed E-state index contributed by atoms with van der Waals surface area (Å²) in [6.45, 7) is 10.2. The molecule has 2 N–H and O–H groups in total. The van der Waals surface area contributed by atoms with Crippen molar-refractivity contribution in [3.63, 3.8) is 0 Å². The van der Waals surface area contributed by atoms with Crippen LogP contribution in [0.3, 0.4) is 0 Å². The number of hydrogen-bond donors (Lipinski definition) is 2. The number of carbonyl (C=O) groups is 2. The van der Waals surface area contributed by atoms with Gasteiger partial charge in [-0.3, -0.25) is 9.59 Å². The average Bonchev–Trinajstić information content (AvgIpc) is 2.50. The lowest BCUT2D eigenvalue weighted by atomic mass is 10.1. The van der Waals surface area contributed by atoms with Gasteiger partial charge in [-0.1, -0.05) is 32.0 Å². The number of amides is 2. The molecule has 1 rings (SSSR count). The van der Waals surface area contributed by atoms with Crippen LogP contribution in [0.1, 0.15) is 44.7 Å². The SMILES string of the molecule is Cc1cccc(C)c1NC(=O)CCCSCC(=O)NC(C)C(C)C. The molecule has 0 heterocycles. The minimum atomic E-state index is 0.0332. The van der Waals surface area contributed by atoms with Crippen LogP contribution >= 0.6 is 11.8 Å². The molecule has 24 heavy (non-hydrogen) atoms. The highest BCUT2D eigenvalue weighted by atomic mass is 32.2. The van der Waals surface area contributed by atoms with E-state index >= 15 is 0 Å². The lowest BCUT2D eigenvalue weighted by Crippen LogP contribution is -2.37. The van der Waals surface area contributed by atoms with E-state index in [0.717, 1.165) is 29.0 Å². The molecule has 0 radical (unpaired) electrons. The first-order chi connectivity index (χ1) is 11.3. The zero-order chi connectivity index (χ0) is 18.1.